The number of aliphatic carboxylic acids is 1. The first-order chi connectivity index (χ1) is 15.3. The lowest BCUT2D eigenvalue weighted by Gasteiger charge is -2.31. The van der Waals surface area contributed by atoms with Crippen LogP contribution in [0.4, 0.5) is 4.39 Å². The van der Waals surface area contributed by atoms with Crippen molar-refractivity contribution in [1.29, 1.82) is 0 Å². The average Bonchev–Trinajstić information content (AvgIpc) is 3.20. The fourth-order valence-electron chi connectivity index (χ4n) is 4.66. The summed E-state index contributed by atoms with van der Waals surface area (Å²) >= 11 is 5.97. The van der Waals surface area contributed by atoms with E-state index in [1.807, 2.05) is 23.6 Å². The average molecular weight is 457 g/mol. The fourth-order valence-corrected chi connectivity index (χ4v) is 4.79. The fraction of sp³-hybridized carbons (Fsp3) is 0.360. The molecule has 1 aromatic heterocycles. The van der Waals surface area contributed by atoms with E-state index in [9.17, 15) is 19.1 Å². The van der Waals surface area contributed by atoms with Crippen LogP contribution in [0, 0.1) is 17.7 Å². The van der Waals surface area contributed by atoms with E-state index in [-0.39, 0.29) is 29.6 Å². The molecule has 1 unspecified atom stereocenters. The first-order valence-electron chi connectivity index (χ1n) is 10.9. The molecule has 0 spiro atoms. The van der Waals surface area contributed by atoms with Crippen molar-refractivity contribution in [2.45, 2.75) is 45.2 Å². The molecule has 1 saturated carbocycles. The molecule has 0 aliphatic heterocycles. The predicted octanol–water partition coefficient (Wildman–Crippen LogP) is 5.49. The van der Waals surface area contributed by atoms with Crippen LogP contribution in [0.2, 0.25) is 5.02 Å². The number of nitrogens with zero attached hydrogens (tertiary/aromatic N) is 1. The lowest BCUT2D eigenvalue weighted by atomic mass is 9.79. The Morgan fingerprint density at radius 1 is 1.12 bits per heavy atom. The summed E-state index contributed by atoms with van der Waals surface area (Å²) in [6.45, 7) is 2.44. The van der Waals surface area contributed by atoms with Crippen LogP contribution in [0.1, 0.15) is 48.5 Å². The van der Waals surface area contributed by atoms with Crippen molar-refractivity contribution >= 4 is 34.4 Å². The number of nitrogens with one attached hydrogen (secondary N) is 1. The van der Waals surface area contributed by atoms with Crippen molar-refractivity contribution in [2.75, 3.05) is 0 Å². The Morgan fingerprint density at radius 2 is 1.81 bits per heavy atom. The van der Waals surface area contributed by atoms with E-state index in [2.05, 4.69) is 5.32 Å². The van der Waals surface area contributed by atoms with Crippen molar-refractivity contribution in [3.8, 4) is 0 Å². The predicted molar refractivity (Wildman–Crippen MR) is 122 cm³/mol. The van der Waals surface area contributed by atoms with Crippen LogP contribution in [0.15, 0.2) is 48.7 Å². The maximum Gasteiger partial charge on any atom is 0.306 e. The molecule has 1 atom stereocenters. The second-order valence-corrected chi connectivity index (χ2v) is 9.08. The Labute approximate surface area is 191 Å². The van der Waals surface area contributed by atoms with Gasteiger partial charge in [0.25, 0.3) is 5.91 Å². The third-order valence-corrected chi connectivity index (χ3v) is 6.82. The summed E-state index contributed by atoms with van der Waals surface area (Å²) in [5, 5.41) is 13.3. The molecular formula is C25H26ClFN2O3. The maximum absolute atomic E-state index is 14.5. The number of rotatable bonds is 6. The van der Waals surface area contributed by atoms with Crippen LogP contribution in [-0.4, -0.2) is 27.6 Å². The Balaban J connectivity index is 1.55. The van der Waals surface area contributed by atoms with E-state index in [0.29, 0.717) is 40.9 Å². The molecule has 1 fully saturated rings. The number of amides is 1. The standard InChI is InChI=1S/C25H26ClFN2O3/c1-15(17-4-6-18(7-5-17)25(31)32)28-24(30)21-10-11-22(27)20-12-13-29(23(20)21)14-16-2-8-19(26)9-3-16/h2-3,8-13,15,17-18H,4-7,14H2,1H3,(H,28,30)(H,31,32)/t15?,17-,18-. The van der Waals surface area contributed by atoms with Crippen LogP contribution in [0.25, 0.3) is 10.9 Å². The summed E-state index contributed by atoms with van der Waals surface area (Å²) in [5.74, 6) is -1.42. The van der Waals surface area contributed by atoms with Gasteiger partial charge in [-0.25, -0.2) is 4.39 Å². The molecule has 1 aliphatic rings. The molecule has 1 amide bonds. The van der Waals surface area contributed by atoms with Gasteiger partial charge in [-0.3, -0.25) is 9.59 Å². The molecule has 7 heteroatoms. The molecule has 0 radical (unpaired) electrons. The number of benzene rings is 2. The summed E-state index contributed by atoms with van der Waals surface area (Å²) < 4.78 is 16.4. The van der Waals surface area contributed by atoms with Crippen LogP contribution >= 0.6 is 11.6 Å². The van der Waals surface area contributed by atoms with Gasteiger partial charge < -0.3 is 15.0 Å². The minimum Gasteiger partial charge on any atom is -0.481 e. The molecular weight excluding hydrogens is 431 g/mol. The summed E-state index contributed by atoms with van der Waals surface area (Å²) in [7, 11) is 0. The van der Waals surface area contributed by atoms with Gasteiger partial charge in [-0.05, 0) is 74.4 Å². The molecule has 3 aromatic rings. The van der Waals surface area contributed by atoms with Gasteiger partial charge in [0.15, 0.2) is 0 Å². The van der Waals surface area contributed by atoms with Gasteiger partial charge in [-0.2, -0.15) is 0 Å². The monoisotopic (exact) mass is 456 g/mol. The summed E-state index contributed by atoms with van der Waals surface area (Å²) in [6.07, 6.45) is 4.58. The van der Waals surface area contributed by atoms with Gasteiger partial charge >= 0.3 is 5.97 Å². The zero-order valence-corrected chi connectivity index (χ0v) is 18.6. The van der Waals surface area contributed by atoms with Gasteiger partial charge in [0.05, 0.1) is 17.0 Å². The van der Waals surface area contributed by atoms with Gasteiger partial charge in [-0.1, -0.05) is 23.7 Å². The Morgan fingerprint density at radius 3 is 2.47 bits per heavy atom. The zero-order valence-electron chi connectivity index (χ0n) is 17.9. The SMILES string of the molecule is CC(NC(=O)c1ccc(F)c2ccn(Cc3ccc(Cl)cc3)c12)[C@H]1CC[C@H](C(=O)O)CC1. The minimum atomic E-state index is -0.740. The Hall–Kier alpha value is -2.86. The van der Waals surface area contributed by atoms with Crippen LogP contribution < -0.4 is 5.32 Å². The zero-order chi connectivity index (χ0) is 22.8. The Kier molecular flexibility index (Phi) is 6.51. The summed E-state index contributed by atoms with van der Waals surface area (Å²) in [6, 6.07) is 11.9. The highest BCUT2D eigenvalue weighted by molar-refractivity contribution is 6.30. The highest BCUT2D eigenvalue weighted by atomic mass is 35.5. The minimum absolute atomic E-state index is 0.1000. The van der Waals surface area contributed by atoms with Crippen molar-refractivity contribution in [1.82, 2.24) is 9.88 Å². The highest BCUT2D eigenvalue weighted by Gasteiger charge is 2.30. The van der Waals surface area contributed by atoms with Crippen molar-refractivity contribution in [3.63, 3.8) is 0 Å². The topological polar surface area (TPSA) is 71.3 Å². The molecule has 168 valence electrons. The molecule has 1 heterocycles. The number of aromatic nitrogens is 1. The number of carbonyl (C=O) groups excluding carboxylic acids is 1. The van der Waals surface area contributed by atoms with Gasteiger partial charge in [-0.15, -0.1) is 0 Å². The number of carbonyl (C=O) groups is 2. The van der Waals surface area contributed by atoms with Gasteiger partial charge in [0.2, 0.25) is 0 Å². The smallest absolute Gasteiger partial charge is 0.306 e. The largest absolute Gasteiger partial charge is 0.481 e. The van der Waals surface area contributed by atoms with Crippen molar-refractivity contribution in [3.05, 3.63) is 70.6 Å². The molecule has 0 saturated heterocycles. The normalized spacial score (nSPS) is 19.6. The number of halogens is 2. The van der Waals surface area contributed by atoms with E-state index in [1.165, 1.54) is 12.1 Å². The number of carboxylic acid groups (broad SMARTS) is 1. The molecule has 4 rings (SSSR count). The number of hydrogen-bond donors (Lipinski definition) is 2. The van der Waals surface area contributed by atoms with E-state index in [1.54, 1.807) is 24.4 Å². The first-order valence-corrected chi connectivity index (χ1v) is 11.3. The summed E-state index contributed by atoms with van der Waals surface area (Å²) in [5.41, 5.74) is 1.97. The quantitative estimate of drug-likeness (QED) is 0.515. The van der Waals surface area contributed by atoms with E-state index in [4.69, 9.17) is 11.6 Å². The highest BCUT2D eigenvalue weighted by Crippen LogP contribution is 2.31. The Bertz CT molecular complexity index is 1130. The first kappa shape index (κ1) is 22.3. The van der Waals surface area contributed by atoms with Gasteiger partial charge in [0.1, 0.15) is 5.82 Å². The molecule has 2 N–H and O–H groups in total. The van der Waals surface area contributed by atoms with Crippen molar-refractivity contribution in [2.24, 2.45) is 11.8 Å². The molecule has 1 aliphatic carbocycles. The second-order valence-electron chi connectivity index (χ2n) is 8.64. The van der Waals surface area contributed by atoms with E-state index in [0.717, 1.165) is 18.4 Å². The number of fused-ring (bicyclic) bond motifs is 1. The molecule has 0 bridgehead atoms. The molecule has 32 heavy (non-hydrogen) atoms. The van der Waals surface area contributed by atoms with E-state index >= 15 is 0 Å². The molecule has 5 nitrogen and oxygen atoms in total. The second kappa shape index (κ2) is 9.33. The third-order valence-electron chi connectivity index (χ3n) is 6.57. The van der Waals surface area contributed by atoms with E-state index < -0.39 is 5.97 Å². The molecule has 2 aromatic carbocycles. The van der Waals surface area contributed by atoms with Crippen LogP contribution in [0.3, 0.4) is 0 Å². The lowest BCUT2D eigenvalue weighted by molar-refractivity contribution is -0.143. The summed E-state index contributed by atoms with van der Waals surface area (Å²) in [4.78, 5) is 24.4. The lowest BCUT2D eigenvalue weighted by Crippen LogP contribution is -2.40. The third kappa shape index (κ3) is 4.65. The number of hydrogen-bond acceptors (Lipinski definition) is 2. The van der Waals surface area contributed by atoms with Gasteiger partial charge in [0, 0.05) is 29.2 Å². The maximum atomic E-state index is 14.5. The van der Waals surface area contributed by atoms with Crippen LogP contribution in [-0.2, 0) is 11.3 Å². The van der Waals surface area contributed by atoms with Crippen molar-refractivity contribution < 1.29 is 19.1 Å². The number of carboxylic acids is 1. The van der Waals surface area contributed by atoms with Crippen LogP contribution in [0.5, 0.6) is 0 Å².